The first-order valence-electron chi connectivity index (χ1n) is 7.31. The molecule has 1 aromatic rings. The molecule has 2 atom stereocenters. The van der Waals surface area contributed by atoms with Crippen molar-refractivity contribution >= 4 is 15.9 Å². The molecule has 1 saturated heterocycles. The Kier molecular flexibility index (Phi) is 4.69. The van der Waals surface area contributed by atoms with Crippen LogP contribution in [0.2, 0.25) is 0 Å². The monoisotopic (exact) mass is 356 g/mol. The predicted octanol–water partition coefficient (Wildman–Crippen LogP) is 1.77. The zero-order valence-electron chi connectivity index (χ0n) is 12.2. The molecule has 0 aromatic heterocycles. The molecule has 0 amide bonds. The number of hydrogen-bond donors (Lipinski definition) is 1. The third-order valence-electron chi connectivity index (χ3n) is 3.87. The maximum absolute atomic E-state index is 5.95. The van der Waals surface area contributed by atoms with E-state index < -0.39 is 0 Å². The van der Waals surface area contributed by atoms with Gasteiger partial charge < -0.3 is 19.9 Å². The van der Waals surface area contributed by atoms with Gasteiger partial charge in [0.15, 0.2) is 11.5 Å². The van der Waals surface area contributed by atoms with Crippen molar-refractivity contribution in [1.29, 1.82) is 0 Å². The van der Waals surface area contributed by atoms with E-state index in [-0.39, 0.29) is 12.1 Å². The average molecular weight is 357 g/mol. The van der Waals surface area contributed by atoms with Crippen molar-refractivity contribution in [1.82, 2.24) is 4.90 Å². The van der Waals surface area contributed by atoms with Crippen LogP contribution < -0.4 is 15.2 Å². The molecule has 116 valence electrons. The first-order valence-corrected chi connectivity index (χ1v) is 8.10. The number of ether oxygens (including phenoxy) is 3. The number of fused-ring (bicyclic) bond motifs is 1. The molecular weight excluding hydrogens is 336 g/mol. The van der Waals surface area contributed by atoms with Gasteiger partial charge in [-0.3, -0.25) is 4.90 Å². The summed E-state index contributed by atoms with van der Waals surface area (Å²) in [6.07, 6.45) is 0.106. The summed E-state index contributed by atoms with van der Waals surface area (Å²) < 4.78 is 18.0. The molecule has 6 heteroatoms. The lowest BCUT2D eigenvalue weighted by Gasteiger charge is -2.35. The Labute approximate surface area is 133 Å². The van der Waals surface area contributed by atoms with E-state index in [1.165, 1.54) is 5.56 Å². The normalized spacial score (nSPS) is 23.9. The molecule has 2 aliphatic heterocycles. The van der Waals surface area contributed by atoms with Crippen LogP contribution in [-0.4, -0.2) is 50.0 Å². The van der Waals surface area contributed by atoms with Crippen molar-refractivity contribution < 1.29 is 14.2 Å². The molecule has 1 aromatic carbocycles. The number of hydrogen-bond acceptors (Lipinski definition) is 5. The van der Waals surface area contributed by atoms with Crippen LogP contribution in [0.25, 0.3) is 0 Å². The molecule has 1 fully saturated rings. The van der Waals surface area contributed by atoms with Crippen molar-refractivity contribution in [2.24, 2.45) is 5.73 Å². The number of nitrogens with two attached hydrogens (primary N) is 1. The second-order valence-corrected chi connectivity index (χ2v) is 6.45. The van der Waals surface area contributed by atoms with Gasteiger partial charge in [-0.15, -0.1) is 0 Å². The molecule has 0 aliphatic carbocycles. The van der Waals surface area contributed by atoms with E-state index >= 15 is 0 Å². The summed E-state index contributed by atoms with van der Waals surface area (Å²) >= 11 is 3.63. The van der Waals surface area contributed by atoms with Crippen LogP contribution in [0.5, 0.6) is 11.5 Å². The SMILES string of the molecule is CC(N)C1CN(Cc2cc3c(cc2Br)OCCO3)CCO1. The second kappa shape index (κ2) is 6.52. The largest absolute Gasteiger partial charge is 0.486 e. The molecule has 21 heavy (non-hydrogen) atoms. The quantitative estimate of drug-likeness (QED) is 0.894. The van der Waals surface area contributed by atoms with Crippen LogP contribution in [0.3, 0.4) is 0 Å². The average Bonchev–Trinajstić information content (AvgIpc) is 2.48. The van der Waals surface area contributed by atoms with Crippen molar-refractivity contribution in [2.75, 3.05) is 32.9 Å². The van der Waals surface area contributed by atoms with Crippen LogP contribution >= 0.6 is 15.9 Å². The van der Waals surface area contributed by atoms with Crippen LogP contribution in [0.15, 0.2) is 16.6 Å². The van der Waals surface area contributed by atoms with Gasteiger partial charge in [-0.1, -0.05) is 15.9 Å². The van der Waals surface area contributed by atoms with E-state index in [4.69, 9.17) is 19.9 Å². The van der Waals surface area contributed by atoms with Crippen LogP contribution in [0.1, 0.15) is 12.5 Å². The minimum atomic E-state index is 0.0523. The Morgan fingerprint density at radius 3 is 2.71 bits per heavy atom. The minimum absolute atomic E-state index is 0.0523. The molecule has 0 bridgehead atoms. The van der Waals surface area contributed by atoms with Gasteiger partial charge in [0, 0.05) is 30.1 Å². The smallest absolute Gasteiger partial charge is 0.162 e. The zero-order valence-corrected chi connectivity index (χ0v) is 13.8. The molecular formula is C15H21BrN2O3. The highest BCUT2D eigenvalue weighted by atomic mass is 79.9. The maximum atomic E-state index is 5.95. The zero-order chi connectivity index (χ0) is 14.8. The van der Waals surface area contributed by atoms with Gasteiger partial charge in [0.25, 0.3) is 0 Å². The molecule has 2 heterocycles. The van der Waals surface area contributed by atoms with Crippen molar-refractivity contribution in [3.8, 4) is 11.5 Å². The summed E-state index contributed by atoms with van der Waals surface area (Å²) in [6, 6.07) is 4.11. The highest BCUT2D eigenvalue weighted by Gasteiger charge is 2.24. The molecule has 5 nitrogen and oxygen atoms in total. The Morgan fingerprint density at radius 2 is 2.00 bits per heavy atom. The lowest BCUT2D eigenvalue weighted by atomic mass is 10.1. The lowest BCUT2D eigenvalue weighted by Crippen LogP contribution is -2.49. The fraction of sp³-hybridized carbons (Fsp3) is 0.600. The van der Waals surface area contributed by atoms with E-state index in [0.717, 1.165) is 42.2 Å². The minimum Gasteiger partial charge on any atom is -0.486 e. The molecule has 0 radical (unpaired) electrons. The Hall–Kier alpha value is -0.820. The van der Waals surface area contributed by atoms with Crippen molar-refractivity contribution in [2.45, 2.75) is 25.6 Å². The van der Waals surface area contributed by atoms with Crippen molar-refractivity contribution in [3.05, 3.63) is 22.2 Å². The van der Waals surface area contributed by atoms with Crippen molar-refractivity contribution in [3.63, 3.8) is 0 Å². The van der Waals surface area contributed by atoms with Gasteiger partial charge in [0.2, 0.25) is 0 Å². The first kappa shape index (κ1) is 15.1. The third kappa shape index (κ3) is 3.51. The number of benzene rings is 1. The van der Waals surface area contributed by atoms with E-state index in [1.54, 1.807) is 0 Å². The summed E-state index contributed by atoms with van der Waals surface area (Å²) in [5.74, 6) is 1.64. The van der Waals surface area contributed by atoms with Gasteiger partial charge in [0.1, 0.15) is 13.2 Å². The summed E-state index contributed by atoms with van der Waals surface area (Å²) in [4.78, 5) is 2.37. The van der Waals surface area contributed by atoms with Gasteiger partial charge in [-0.25, -0.2) is 0 Å². The first-order chi connectivity index (χ1) is 10.1. The van der Waals surface area contributed by atoms with Gasteiger partial charge in [0.05, 0.1) is 12.7 Å². The summed E-state index contributed by atoms with van der Waals surface area (Å²) in [5, 5.41) is 0. The summed E-state index contributed by atoms with van der Waals surface area (Å²) in [7, 11) is 0. The Bertz CT molecular complexity index is 510. The van der Waals surface area contributed by atoms with E-state index in [9.17, 15) is 0 Å². The second-order valence-electron chi connectivity index (χ2n) is 5.59. The van der Waals surface area contributed by atoms with Gasteiger partial charge in [-0.2, -0.15) is 0 Å². The number of halogens is 1. The number of morpholine rings is 1. The van der Waals surface area contributed by atoms with E-state index in [0.29, 0.717) is 13.2 Å². The lowest BCUT2D eigenvalue weighted by molar-refractivity contribution is -0.0404. The Balaban J connectivity index is 1.72. The summed E-state index contributed by atoms with van der Waals surface area (Å²) in [6.45, 7) is 6.58. The highest BCUT2D eigenvalue weighted by Crippen LogP contribution is 2.36. The molecule has 2 aliphatic rings. The molecule has 2 unspecified atom stereocenters. The molecule has 3 rings (SSSR count). The fourth-order valence-corrected chi connectivity index (χ4v) is 3.11. The van der Waals surface area contributed by atoms with E-state index in [1.807, 2.05) is 13.0 Å². The number of nitrogens with zero attached hydrogens (tertiary/aromatic N) is 1. The van der Waals surface area contributed by atoms with Crippen LogP contribution in [0.4, 0.5) is 0 Å². The molecule has 0 saturated carbocycles. The molecule has 0 spiro atoms. The Morgan fingerprint density at radius 1 is 1.29 bits per heavy atom. The highest BCUT2D eigenvalue weighted by molar-refractivity contribution is 9.10. The van der Waals surface area contributed by atoms with Crippen LogP contribution in [0, 0.1) is 0 Å². The predicted molar refractivity (Wildman–Crippen MR) is 83.8 cm³/mol. The maximum Gasteiger partial charge on any atom is 0.162 e. The third-order valence-corrected chi connectivity index (χ3v) is 4.61. The van der Waals surface area contributed by atoms with E-state index in [2.05, 4.69) is 26.9 Å². The summed E-state index contributed by atoms with van der Waals surface area (Å²) in [5.41, 5.74) is 7.14. The van der Waals surface area contributed by atoms with Gasteiger partial charge in [-0.05, 0) is 24.6 Å². The topological polar surface area (TPSA) is 57.0 Å². The van der Waals surface area contributed by atoms with Gasteiger partial charge >= 0.3 is 0 Å². The fourth-order valence-electron chi connectivity index (χ4n) is 2.66. The molecule has 2 N–H and O–H groups in total. The van der Waals surface area contributed by atoms with Crippen LogP contribution in [-0.2, 0) is 11.3 Å². The number of rotatable bonds is 3. The standard InChI is InChI=1S/C15H21BrN2O3/c1-10(17)15-9-18(2-3-19-15)8-11-6-13-14(7-12(11)16)21-5-4-20-13/h6-7,10,15H,2-5,8-9,17H2,1H3.